The van der Waals surface area contributed by atoms with Crippen LogP contribution in [0.15, 0.2) is 11.4 Å². The highest BCUT2D eigenvalue weighted by Gasteiger charge is 2.13. The first-order valence-corrected chi connectivity index (χ1v) is 9.44. The van der Waals surface area contributed by atoms with Gasteiger partial charge in [0.25, 0.3) is 0 Å². The predicted molar refractivity (Wildman–Crippen MR) is 92.7 cm³/mol. The monoisotopic (exact) mass is 295 g/mol. The first-order chi connectivity index (χ1) is 9.79. The van der Waals surface area contributed by atoms with Crippen LogP contribution in [-0.2, 0) is 0 Å². The molecule has 1 aromatic heterocycles. The SMILES string of the molecule is CCCCCCCCCC(NCCC)c1ccsc1C. The average Bonchev–Trinajstić information content (AvgIpc) is 2.87. The zero-order valence-electron chi connectivity index (χ0n) is 13.7. The summed E-state index contributed by atoms with van der Waals surface area (Å²) in [5, 5.41) is 5.96. The normalized spacial score (nSPS) is 12.8. The fourth-order valence-corrected chi connectivity index (χ4v) is 3.51. The van der Waals surface area contributed by atoms with Crippen LogP contribution >= 0.6 is 11.3 Å². The smallest absolute Gasteiger partial charge is 0.0331 e. The summed E-state index contributed by atoms with van der Waals surface area (Å²) in [4.78, 5) is 1.49. The Morgan fingerprint density at radius 1 is 1.00 bits per heavy atom. The van der Waals surface area contributed by atoms with Crippen molar-refractivity contribution in [3.05, 3.63) is 21.9 Å². The summed E-state index contributed by atoms with van der Waals surface area (Å²) in [5.74, 6) is 0. The van der Waals surface area contributed by atoms with Crippen molar-refractivity contribution in [2.75, 3.05) is 6.54 Å². The molecule has 0 aliphatic rings. The molecule has 0 aliphatic heterocycles. The third kappa shape index (κ3) is 6.90. The minimum atomic E-state index is 0.580. The van der Waals surface area contributed by atoms with Crippen LogP contribution in [0.2, 0.25) is 0 Å². The van der Waals surface area contributed by atoms with Crippen molar-refractivity contribution in [3.8, 4) is 0 Å². The van der Waals surface area contributed by atoms with Gasteiger partial charge in [-0.05, 0) is 43.3 Å². The number of thiophene rings is 1. The maximum Gasteiger partial charge on any atom is 0.0331 e. The molecule has 1 aromatic rings. The van der Waals surface area contributed by atoms with E-state index >= 15 is 0 Å². The lowest BCUT2D eigenvalue weighted by atomic mass is 10.00. The summed E-state index contributed by atoms with van der Waals surface area (Å²) >= 11 is 1.88. The van der Waals surface area contributed by atoms with Gasteiger partial charge >= 0.3 is 0 Å². The lowest BCUT2D eigenvalue weighted by molar-refractivity contribution is 0.465. The van der Waals surface area contributed by atoms with E-state index in [1.54, 1.807) is 0 Å². The molecule has 0 bridgehead atoms. The summed E-state index contributed by atoms with van der Waals surface area (Å²) in [6, 6.07) is 2.89. The van der Waals surface area contributed by atoms with Crippen LogP contribution in [0.1, 0.15) is 88.1 Å². The maximum atomic E-state index is 3.73. The van der Waals surface area contributed by atoms with E-state index in [0.29, 0.717) is 6.04 Å². The molecule has 0 aliphatic carbocycles. The van der Waals surface area contributed by atoms with Gasteiger partial charge in [0, 0.05) is 10.9 Å². The standard InChI is InChI=1S/C18H33NS/c1-4-6-7-8-9-10-11-12-18(19-14-5-2)17-13-15-20-16(17)3/h13,15,18-19H,4-12,14H2,1-3H3. The molecule has 0 fully saturated rings. The zero-order chi connectivity index (χ0) is 14.6. The summed E-state index contributed by atoms with van der Waals surface area (Å²) in [5.41, 5.74) is 1.54. The van der Waals surface area contributed by atoms with Gasteiger partial charge in [0.05, 0.1) is 0 Å². The van der Waals surface area contributed by atoms with E-state index in [0.717, 1.165) is 6.54 Å². The minimum Gasteiger partial charge on any atom is -0.310 e. The maximum absolute atomic E-state index is 3.73. The number of nitrogens with one attached hydrogen (secondary N) is 1. The fraction of sp³-hybridized carbons (Fsp3) is 0.778. The molecule has 1 heterocycles. The van der Waals surface area contributed by atoms with E-state index in [1.165, 1.54) is 68.2 Å². The minimum absolute atomic E-state index is 0.580. The molecule has 0 saturated carbocycles. The molecule has 0 aromatic carbocycles. The predicted octanol–water partition coefficient (Wildman–Crippen LogP) is 6.24. The highest BCUT2D eigenvalue weighted by atomic mass is 32.1. The Kier molecular flexibility index (Phi) is 10.0. The molecule has 1 nitrogen and oxygen atoms in total. The number of unbranched alkanes of at least 4 members (excludes halogenated alkanes) is 6. The number of rotatable bonds is 12. The van der Waals surface area contributed by atoms with Gasteiger partial charge in [-0.3, -0.25) is 0 Å². The second-order valence-corrected chi connectivity index (χ2v) is 6.97. The molecule has 0 spiro atoms. The largest absolute Gasteiger partial charge is 0.310 e. The Morgan fingerprint density at radius 3 is 2.30 bits per heavy atom. The molecule has 1 unspecified atom stereocenters. The molecule has 0 radical (unpaired) electrons. The second-order valence-electron chi connectivity index (χ2n) is 5.85. The summed E-state index contributed by atoms with van der Waals surface area (Å²) < 4.78 is 0. The molecule has 1 N–H and O–H groups in total. The summed E-state index contributed by atoms with van der Waals surface area (Å²) in [6.45, 7) is 7.92. The van der Waals surface area contributed by atoms with E-state index in [9.17, 15) is 0 Å². The van der Waals surface area contributed by atoms with Gasteiger partial charge in [0.15, 0.2) is 0 Å². The third-order valence-electron chi connectivity index (χ3n) is 4.01. The van der Waals surface area contributed by atoms with Crippen LogP contribution in [0.4, 0.5) is 0 Å². The van der Waals surface area contributed by atoms with Crippen molar-refractivity contribution < 1.29 is 0 Å². The average molecular weight is 296 g/mol. The van der Waals surface area contributed by atoms with Crippen molar-refractivity contribution in [2.45, 2.75) is 84.6 Å². The molecule has 20 heavy (non-hydrogen) atoms. The fourth-order valence-electron chi connectivity index (χ4n) is 2.75. The topological polar surface area (TPSA) is 12.0 Å². The van der Waals surface area contributed by atoms with Gasteiger partial charge in [-0.15, -0.1) is 11.3 Å². The first-order valence-electron chi connectivity index (χ1n) is 8.57. The summed E-state index contributed by atoms with van der Waals surface area (Å²) in [6.07, 6.45) is 12.3. The van der Waals surface area contributed by atoms with E-state index in [1.807, 2.05) is 11.3 Å². The van der Waals surface area contributed by atoms with E-state index in [4.69, 9.17) is 0 Å². The first kappa shape index (κ1) is 17.7. The Bertz CT molecular complexity index is 332. The summed E-state index contributed by atoms with van der Waals surface area (Å²) in [7, 11) is 0. The second kappa shape index (κ2) is 11.3. The van der Waals surface area contributed by atoms with Gasteiger partial charge in [0.2, 0.25) is 0 Å². The van der Waals surface area contributed by atoms with Crippen LogP contribution in [0.3, 0.4) is 0 Å². The lowest BCUT2D eigenvalue weighted by Crippen LogP contribution is -2.22. The zero-order valence-corrected chi connectivity index (χ0v) is 14.5. The van der Waals surface area contributed by atoms with Gasteiger partial charge in [-0.25, -0.2) is 0 Å². The molecule has 1 atom stereocenters. The highest BCUT2D eigenvalue weighted by molar-refractivity contribution is 7.10. The molecule has 0 saturated heterocycles. The highest BCUT2D eigenvalue weighted by Crippen LogP contribution is 2.27. The van der Waals surface area contributed by atoms with Gasteiger partial charge in [-0.2, -0.15) is 0 Å². The Balaban J connectivity index is 2.26. The van der Waals surface area contributed by atoms with Gasteiger partial charge in [-0.1, -0.05) is 58.8 Å². The molecule has 2 heteroatoms. The van der Waals surface area contributed by atoms with Crippen LogP contribution < -0.4 is 5.32 Å². The molecular formula is C18H33NS. The van der Waals surface area contributed by atoms with Crippen molar-refractivity contribution in [1.82, 2.24) is 5.32 Å². The van der Waals surface area contributed by atoms with Crippen LogP contribution in [0.5, 0.6) is 0 Å². The van der Waals surface area contributed by atoms with E-state index in [2.05, 4.69) is 37.5 Å². The molecular weight excluding hydrogens is 262 g/mol. The van der Waals surface area contributed by atoms with Crippen molar-refractivity contribution in [2.24, 2.45) is 0 Å². The van der Waals surface area contributed by atoms with Crippen molar-refractivity contribution in [3.63, 3.8) is 0 Å². The van der Waals surface area contributed by atoms with E-state index < -0.39 is 0 Å². The molecule has 116 valence electrons. The quantitative estimate of drug-likeness (QED) is 0.450. The Labute approximate surface area is 130 Å². The van der Waals surface area contributed by atoms with Crippen LogP contribution in [-0.4, -0.2) is 6.54 Å². The van der Waals surface area contributed by atoms with Crippen LogP contribution in [0, 0.1) is 6.92 Å². The van der Waals surface area contributed by atoms with E-state index in [-0.39, 0.29) is 0 Å². The third-order valence-corrected chi connectivity index (χ3v) is 4.87. The number of hydrogen-bond acceptors (Lipinski definition) is 2. The van der Waals surface area contributed by atoms with Crippen molar-refractivity contribution in [1.29, 1.82) is 0 Å². The number of hydrogen-bond donors (Lipinski definition) is 1. The van der Waals surface area contributed by atoms with Crippen molar-refractivity contribution >= 4 is 11.3 Å². The van der Waals surface area contributed by atoms with Gasteiger partial charge < -0.3 is 5.32 Å². The number of aryl methyl sites for hydroxylation is 1. The van der Waals surface area contributed by atoms with Gasteiger partial charge in [0.1, 0.15) is 0 Å². The molecule has 1 rings (SSSR count). The molecule has 0 amide bonds. The Morgan fingerprint density at radius 2 is 1.70 bits per heavy atom. The Hall–Kier alpha value is -0.340. The lowest BCUT2D eigenvalue weighted by Gasteiger charge is -2.18. The van der Waals surface area contributed by atoms with Crippen LogP contribution in [0.25, 0.3) is 0 Å².